The van der Waals surface area contributed by atoms with Crippen LogP contribution in [-0.4, -0.2) is 25.8 Å². The average molecular weight is 215 g/mol. The van der Waals surface area contributed by atoms with Gasteiger partial charge in [0.25, 0.3) is 0 Å². The maximum Gasteiger partial charge on any atom is 0.178 e. The Balaban J connectivity index is 1.91. The molecule has 1 fully saturated rings. The summed E-state index contributed by atoms with van der Waals surface area (Å²) in [5.41, 5.74) is 1.03. The Hall–Kier alpha value is -1.91. The van der Waals surface area contributed by atoms with Crippen molar-refractivity contribution in [2.75, 3.05) is 5.32 Å². The van der Waals surface area contributed by atoms with Gasteiger partial charge in [0.2, 0.25) is 0 Å². The fraction of sp³-hybridized carbons (Fsp3) is 0.364. The monoisotopic (exact) mass is 215 g/mol. The summed E-state index contributed by atoms with van der Waals surface area (Å²) in [5, 5.41) is 7.59. The molecule has 2 aromatic rings. The third kappa shape index (κ3) is 1.64. The summed E-state index contributed by atoms with van der Waals surface area (Å²) < 4.78 is 1.68. The number of nitrogens with zero attached hydrogens (tertiary/aromatic N) is 4. The van der Waals surface area contributed by atoms with Crippen LogP contribution in [0, 0.1) is 0 Å². The quantitative estimate of drug-likeness (QED) is 0.845. The third-order valence-corrected chi connectivity index (χ3v) is 2.89. The van der Waals surface area contributed by atoms with Crippen molar-refractivity contribution < 1.29 is 0 Å². The largest absolute Gasteiger partial charge is 0.379 e. The molecular formula is C11H13N5. The van der Waals surface area contributed by atoms with E-state index in [0.717, 1.165) is 11.5 Å². The van der Waals surface area contributed by atoms with E-state index in [2.05, 4.69) is 20.4 Å². The third-order valence-electron chi connectivity index (χ3n) is 2.89. The molecule has 0 aromatic carbocycles. The van der Waals surface area contributed by atoms with Crippen LogP contribution in [-0.2, 0) is 0 Å². The molecule has 0 spiro atoms. The molecule has 1 aliphatic rings. The van der Waals surface area contributed by atoms with Crippen molar-refractivity contribution >= 4 is 5.69 Å². The molecule has 1 aliphatic carbocycles. The zero-order chi connectivity index (χ0) is 10.8. The van der Waals surface area contributed by atoms with Gasteiger partial charge in [0, 0.05) is 12.2 Å². The van der Waals surface area contributed by atoms with E-state index in [4.69, 9.17) is 0 Å². The molecule has 16 heavy (non-hydrogen) atoms. The SMILES string of the molecule is c1cnc(-n2cncn2)c(NC2CCC2)c1. The molecule has 82 valence electrons. The minimum Gasteiger partial charge on any atom is -0.379 e. The van der Waals surface area contributed by atoms with Crippen LogP contribution < -0.4 is 5.32 Å². The summed E-state index contributed by atoms with van der Waals surface area (Å²) in [6.45, 7) is 0. The second kappa shape index (κ2) is 3.92. The molecule has 0 amide bonds. The van der Waals surface area contributed by atoms with Crippen molar-refractivity contribution in [2.45, 2.75) is 25.3 Å². The molecule has 2 aromatic heterocycles. The van der Waals surface area contributed by atoms with Crippen molar-refractivity contribution in [3.05, 3.63) is 31.0 Å². The van der Waals surface area contributed by atoms with Gasteiger partial charge in [0.15, 0.2) is 5.82 Å². The lowest BCUT2D eigenvalue weighted by Crippen LogP contribution is -2.27. The minimum absolute atomic E-state index is 0.589. The highest BCUT2D eigenvalue weighted by atomic mass is 15.3. The molecular weight excluding hydrogens is 202 g/mol. The molecule has 0 saturated heterocycles. The lowest BCUT2D eigenvalue weighted by molar-refractivity contribution is 0.445. The predicted octanol–water partition coefficient (Wildman–Crippen LogP) is 1.63. The van der Waals surface area contributed by atoms with Crippen molar-refractivity contribution in [1.29, 1.82) is 0 Å². The van der Waals surface area contributed by atoms with Crippen molar-refractivity contribution in [3.8, 4) is 5.82 Å². The maximum atomic E-state index is 4.33. The Morgan fingerprint density at radius 3 is 3.00 bits per heavy atom. The first-order chi connectivity index (χ1) is 7.93. The molecule has 1 saturated carbocycles. The van der Waals surface area contributed by atoms with Gasteiger partial charge in [-0.25, -0.2) is 14.6 Å². The second-order valence-electron chi connectivity index (χ2n) is 3.99. The van der Waals surface area contributed by atoms with Crippen molar-refractivity contribution in [3.63, 3.8) is 0 Å². The van der Waals surface area contributed by atoms with E-state index in [9.17, 15) is 0 Å². The van der Waals surface area contributed by atoms with E-state index in [0.29, 0.717) is 6.04 Å². The lowest BCUT2D eigenvalue weighted by atomic mass is 9.93. The first-order valence-electron chi connectivity index (χ1n) is 5.50. The number of nitrogens with one attached hydrogen (secondary N) is 1. The molecule has 0 aliphatic heterocycles. The first-order valence-corrected chi connectivity index (χ1v) is 5.50. The van der Waals surface area contributed by atoms with Gasteiger partial charge < -0.3 is 5.32 Å². The Morgan fingerprint density at radius 1 is 1.38 bits per heavy atom. The summed E-state index contributed by atoms with van der Waals surface area (Å²) in [6, 6.07) is 4.55. The maximum absolute atomic E-state index is 4.33. The van der Waals surface area contributed by atoms with Gasteiger partial charge in [0.05, 0.1) is 5.69 Å². The van der Waals surface area contributed by atoms with Gasteiger partial charge in [-0.3, -0.25) is 0 Å². The van der Waals surface area contributed by atoms with Gasteiger partial charge in [-0.15, -0.1) is 0 Å². The van der Waals surface area contributed by atoms with Gasteiger partial charge in [-0.1, -0.05) is 0 Å². The van der Waals surface area contributed by atoms with Crippen LogP contribution >= 0.6 is 0 Å². The molecule has 1 N–H and O–H groups in total. The first kappa shape index (κ1) is 9.33. The summed E-state index contributed by atoms with van der Waals surface area (Å²) >= 11 is 0. The van der Waals surface area contributed by atoms with Crippen molar-refractivity contribution in [1.82, 2.24) is 19.7 Å². The number of hydrogen-bond donors (Lipinski definition) is 1. The van der Waals surface area contributed by atoms with Gasteiger partial charge >= 0.3 is 0 Å². The molecule has 0 atom stereocenters. The van der Waals surface area contributed by atoms with Crippen molar-refractivity contribution in [2.24, 2.45) is 0 Å². The Bertz CT molecular complexity index is 461. The van der Waals surface area contributed by atoms with Crippen LogP contribution in [0.15, 0.2) is 31.0 Å². The lowest BCUT2D eigenvalue weighted by Gasteiger charge is -2.28. The van der Waals surface area contributed by atoms with E-state index >= 15 is 0 Å². The fourth-order valence-corrected chi connectivity index (χ4v) is 1.78. The normalized spacial score (nSPS) is 15.8. The number of pyridine rings is 1. The van der Waals surface area contributed by atoms with E-state index in [1.165, 1.54) is 25.6 Å². The van der Waals surface area contributed by atoms with Crippen LogP contribution in [0.5, 0.6) is 0 Å². The van der Waals surface area contributed by atoms with Crippen LogP contribution in [0.2, 0.25) is 0 Å². The van der Waals surface area contributed by atoms with Gasteiger partial charge in [-0.2, -0.15) is 5.10 Å². The number of anilines is 1. The van der Waals surface area contributed by atoms with Gasteiger partial charge in [0.1, 0.15) is 12.7 Å². The second-order valence-corrected chi connectivity index (χ2v) is 3.99. The van der Waals surface area contributed by atoms with E-state index in [-0.39, 0.29) is 0 Å². The molecule has 0 unspecified atom stereocenters. The molecule has 5 nitrogen and oxygen atoms in total. The Morgan fingerprint density at radius 2 is 2.31 bits per heavy atom. The fourth-order valence-electron chi connectivity index (χ4n) is 1.78. The molecule has 2 heterocycles. The summed E-state index contributed by atoms with van der Waals surface area (Å²) in [7, 11) is 0. The zero-order valence-electron chi connectivity index (χ0n) is 8.87. The van der Waals surface area contributed by atoms with E-state index in [1.807, 2.05) is 12.1 Å². The van der Waals surface area contributed by atoms with E-state index in [1.54, 1.807) is 17.2 Å². The average Bonchev–Trinajstić information content (AvgIpc) is 2.77. The highest BCUT2D eigenvalue weighted by molar-refractivity contribution is 5.56. The van der Waals surface area contributed by atoms with E-state index < -0.39 is 0 Å². The van der Waals surface area contributed by atoms with Crippen LogP contribution in [0.4, 0.5) is 5.69 Å². The van der Waals surface area contributed by atoms with Crippen LogP contribution in [0.1, 0.15) is 19.3 Å². The summed E-state index contributed by atoms with van der Waals surface area (Å²) in [4.78, 5) is 8.27. The molecule has 0 bridgehead atoms. The summed E-state index contributed by atoms with van der Waals surface area (Å²) in [5.74, 6) is 0.812. The number of rotatable bonds is 3. The Kier molecular flexibility index (Phi) is 2.29. The number of aromatic nitrogens is 4. The molecule has 0 radical (unpaired) electrons. The Labute approximate surface area is 93.5 Å². The molecule has 5 heteroatoms. The van der Waals surface area contributed by atoms with Gasteiger partial charge in [-0.05, 0) is 31.4 Å². The standard InChI is InChI=1S/C11H13N5/c1-3-9(4-1)15-10-5-2-6-13-11(10)16-8-12-7-14-16/h2,5-9,15H,1,3-4H2. The highest BCUT2D eigenvalue weighted by Gasteiger charge is 2.18. The number of hydrogen-bond acceptors (Lipinski definition) is 4. The zero-order valence-corrected chi connectivity index (χ0v) is 8.87. The topological polar surface area (TPSA) is 55.6 Å². The summed E-state index contributed by atoms with van der Waals surface area (Å²) in [6.07, 6.45) is 8.74. The molecule has 3 rings (SSSR count). The smallest absolute Gasteiger partial charge is 0.178 e. The van der Waals surface area contributed by atoms with Crippen LogP contribution in [0.3, 0.4) is 0 Å². The minimum atomic E-state index is 0.589. The predicted molar refractivity (Wildman–Crippen MR) is 60.4 cm³/mol. The highest BCUT2D eigenvalue weighted by Crippen LogP contribution is 2.25. The van der Waals surface area contributed by atoms with Crippen LogP contribution in [0.25, 0.3) is 5.82 Å².